The van der Waals surface area contributed by atoms with E-state index in [1.807, 2.05) is 0 Å². The number of halogens is 3. The van der Waals surface area contributed by atoms with Crippen LogP contribution in [0.2, 0.25) is 0 Å². The highest BCUT2D eigenvalue weighted by Gasteiger charge is 2.55. The SMILES string of the molecule is CN(C)S(=O)(=O)NCC(=O)N1CC2(CC2)C[C@H]1C(=O)N[C@@H](C[C@@H]1CCNC1=O)C(=O)COC(F)(F)F. The lowest BCUT2D eigenvalue weighted by Crippen LogP contribution is -2.53. The Bertz CT molecular complexity index is 1000. The van der Waals surface area contributed by atoms with Crippen molar-refractivity contribution < 1.29 is 45.5 Å². The molecule has 0 radical (unpaired) electrons. The largest absolute Gasteiger partial charge is 0.522 e. The van der Waals surface area contributed by atoms with Crippen molar-refractivity contribution in [3.63, 3.8) is 0 Å². The molecule has 2 saturated heterocycles. The summed E-state index contributed by atoms with van der Waals surface area (Å²) in [6, 6.07) is -2.48. The maximum Gasteiger partial charge on any atom is 0.522 e. The Hall–Kier alpha value is -2.30. The first kappa shape index (κ1) is 28.3. The highest BCUT2D eigenvalue weighted by Crippen LogP contribution is 2.54. The average molecular weight is 542 g/mol. The fourth-order valence-electron chi connectivity index (χ4n) is 4.42. The molecule has 0 bridgehead atoms. The predicted octanol–water partition coefficient (Wildman–Crippen LogP) is -1.12. The highest BCUT2D eigenvalue weighted by atomic mass is 32.2. The summed E-state index contributed by atoms with van der Waals surface area (Å²) in [5.74, 6) is -3.52. The van der Waals surface area contributed by atoms with Crippen molar-refractivity contribution in [2.45, 2.75) is 50.6 Å². The van der Waals surface area contributed by atoms with Crippen molar-refractivity contribution >= 4 is 33.7 Å². The monoisotopic (exact) mass is 541 g/mol. The first-order valence-corrected chi connectivity index (χ1v) is 12.8. The van der Waals surface area contributed by atoms with E-state index >= 15 is 0 Å². The van der Waals surface area contributed by atoms with Crippen LogP contribution in [-0.4, -0.2) is 99.9 Å². The second-order valence-electron chi connectivity index (χ2n) is 9.62. The zero-order valence-corrected chi connectivity index (χ0v) is 20.7. The minimum absolute atomic E-state index is 0.216. The third-order valence-corrected chi connectivity index (χ3v) is 8.21. The average Bonchev–Trinajstić information content (AvgIpc) is 3.24. The number of ether oxygens (including phenoxy) is 1. The third-order valence-electron chi connectivity index (χ3n) is 6.74. The van der Waals surface area contributed by atoms with Gasteiger partial charge in [0.05, 0.1) is 12.6 Å². The molecule has 3 N–H and O–H groups in total. The van der Waals surface area contributed by atoms with E-state index < -0.39 is 65.3 Å². The van der Waals surface area contributed by atoms with Crippen LogP contribution in [0, 0.1) is 11.3 Å². The molecule has 36 heavy (non-hydrogen) atoms. The number of alkyl halides is 3. The Labute approximate surface area is 206 Å². The van der Waals surface area contributed by atoms with Crippen LogP contribution in [0.1, 0.15) is 32.1 Å². The summed E-state index contributed by atoms with van der Waals surface area (Å²) in [5, 5.41) is 4.99. The molecule has 1 spiro atoms. The van der Waals surface area contributed by atoms with Crippen molar-refractivity contribution in [2.24, 2.45) is 11.3 Å². The van der Waals surface area contributed by atoms with Gasteiger partial charge in [0, 0.05) is 33.1 Å². The quantitative estimate of drug-likeness (QED) is 0.299. The molecule has 0 unspecified atom stereocenters. The van der Waals surface area contributed by atoms with Crippen LogP contribution in [0.4, 0.5) is 13.2 Å². The van der Waals surface area contributed by atoms with Gasteiger partial charge < -0.3 is 15.5 Å². The molecule has 3 atom stereocenters. The van der Waals surface area contributed by atoms with Gasteiger partial charge in [0.25, 0.3) is 10.2 Å². The smallest absolute Gasteiger partial charge is 0.356 e. The molecule has 2 aliphatic heterocycles. The van der Waals surface area contributed by atoms with Crippen molar-refractivity contribution in [3.05, 3.63) is 0 Å². The number of ketones is 1. The molecule has 3 aliphatic rings. The van der Waals surface area contributed by atoms with E-state index in [1.54, 1.807) is 0 Å². The summed E-state index contributed by atoms with van der Waals surface area (Å²) >= 11 is 0. The van der Waals surface area contributed by atoms with E-state index in [9.17, 15) is 40.8 Å². The summed E-state index contributed by atoms with van der Waals surface area (Å²) in [6.45, 7) is -1.38. The summed E-state index contributed by atoms with van der Waals surface area (Å²) < 4.78 is 68.0. The molecule has 0 aromatic carbocycles. The Morgan fingerprint density at radius 3 is 2.47 bits per heavy atom. The number of carbonyl (C=O) groups excluding carboxylic acids is 4. The number of carbonyl (C=O) groups is 4. The van der Waals surface area contributed by atoms with E-state index in [2.05, 4.69) is 20.1 Å². The molecule has 0 aromatic rings. The molecule has 3 rings (SSSR count). The van der Waals surface area contributed by atoms with Gasteiger partial charge in [-0.3, -0.25) is 23.9 Å². The van der Waals surface area contributed by atoms with Crippen molar-refractivity contribution in [2.75, 3.05) is 40.3 Å². The molecule has 16 heteroatoms. The van der Waals surface area contributed by atoms with Crippen LogP contribution in [0.5, 0.6) is 0 Å². The summed E-state index contributed by atoms with van der Waals surface area (Å²) in [5.41, 5.74) is -0.289. The minimum Gasteiger partial charge on any atom is -0.356 e. The van der Waals surface area contributed by atoms with Crippen molar-refractivity contribution in [3.8, 4) is 0 Å². The second kappa shape index (κ2) is 10.6. The highest BCUT2D eigenvalue weighted by molar-refractivity contribution is 7.87. The van der Waals surface area contributed by atoms with Crippen molar-refractivity contribution in [1.29, 1.82) is 0 Å². The first-order chi connectivity index (χ1) is 16.6. The van der Waals surface area contributed by atoms with Crippen LogP contribution >= 0.6 is 0 Å². The van der Waals surface area contributed by atoms with Gasteiger partial charge in [-0.2, -0.15) is 17.4 Å². The van der Waals surface area contributed by atoms with Gasteiger partial charge in [-0.25, -0.2) is 0 Å². The lowest BCUT2D eigenvalue weighted by molar-refractivity contribution is -0.321. The van der Waals surface area contributed by atoms with Crippen LogP contribution < -0.4 is 15.4 Å². The molecule has 3 fully saturated rings. The Morgan fingerprint density at radius 1 is 1.28 bits per heavy atom. The number of rotatable bonds is 11. The summed E-state index contributed by atoms with van der Waals surface area (Å²) in [7, 11) is -1.33. The van der Waals surface area contributed by atoms with Crippen LogP contribution in [0.25, 0.3) is 0 Å². The molecule has 3 amide bonds. The molecule has 2 heterocycles. The molecule has 12 nitrogen and oxygen atoms in total. The topological polar surface area (TPSA) is 154 Å². The Kier molecular flexibility index (Phi) is 8.32. The van der Waals surface area contributed by atoms with Crippen molar-refractivity contribution in [1.82, 2.24) is 24.6 Å². The molecule has 1 saturated carbocycles. The summed E-state index contributed by atoms with van der Waals surface area (Å²) in [4.78, 5) is 51.8. The normalized spacial score (nSPS) is 24.2. The third kappa shape index (κ3) is 7.14. The second-order valence-corrected chi connectivity index (χ2v) is 11.6. The van der Waals surface area contributed by atoms with Crippen LogP contribution in [0.15, 0.2) is 0 Å². The number of hydrogen-bond donors (Lipinski definition) is 3. The number of nitrogens with zero attached hydrogens (tertiary/aromatic N) is 2. The number of amides is 3. The van der Waals surface area contributed by atoms with Crippen LogP contribution in [-0.2, 0) is 34.1 Å². The number of Topliss-reactive ketones (excluding diaryl/α,β-unsaturated/α-hetero) is 1. The molecule has 1 aliphatic carbocycles. The number of likely N-dealkylation sites (tertiary alicyclic amines) is 1. The Balaban J connectivity index is 1.71. The van der Waals surface area contributed by atoms with Gasteiger partial charge in [-0.15, -0.1) is 13.2 Å². The fraction of sp³-hybridized carbons (Fsp3) is 0.800. The van der Waals surface area contributed by atoms with E-state index in [0.29, 0.717) is 13.0 Å². The van der Waals surface area contributed by atoms with E-state index in [1.165, 1.54) is 19.0 Å². The zero-order chi connectivity index (χ0) is 26.9. The Morgan fingerprint density at radius 2 is 1.94 bits per heavy atom. The van der Waals surface area contributed by atoms with Gasteiger partial charge in [-0.05, 0) is 37.5 Å². The van der Waals surface area contributed by atoms with Gasteiger partial charge in [0.1, 0.15) is 12.6 Å². The number of hydrogen-bond acceptors (Lipinski definition) is 7. The first-order valence-electron chi connectivity index (χ1n) is 11.4. The number of nitrogens with one attached hydrogen (secondary N) is 3. The molecular weight excluding hydrogens is 511 g/mol. The van der Waals surface area contributed by atoms with Crippen LogP contribution in [0.3, 0.4) is 0 Å². The lowest BCUT2D eigenvalue weighted by atomic mass is 9.95. The zero-order valence-electron chi connectivity index (χ0n) is 19.9. The van der Waals surface area contributed by atoms with Gasteiger partial charge >= 0.3 is 6.36 Å². The maximum atomic E-state index is 13.2. The fourth-order valence-corrected chi connectivity index (χ4v) is 4.99. The minimum atomic E-state index is -5.05. The van der Waals surface area contributed by atoms with Gasteiger partial charge in [-0.1, -0.05) is 0 Å². The van der Waals surface area contributed by atoms with E-state index in [4.69, 9.17) is 0 Å². The predicted molar refractivity (Wildman–Crippen MR) is 117 cm³/mol. The molecule has 0 aromatic heterocycles. The summed E-state index contributed by atoms with van der Waals surface area (Å²) in [6.07, 6.45) is -3.13. The van der Waals surface area contributed by atoms with E-state index in [-0.39, 0.29) is 30.7 Å². The lowest BCUT2D eigenvalue weighted by Gasteiger charge is -2.27. The standard InChI is InChI=1S/C20H30F3N5O7S/c1-27(2)36(33,34)25-9-16(30)28-11-19(4-5-19)8-14(28)18(32)26-13(7-12-3-6-24-17(12)31)15(29)10-35-20(21,22)23/h12-14,25H,3-11H2,1-2H3,(H,24,31)(H,26,32)/t12-,13-,14-/m0/s1. The molecule has 204 valence electrons. The molecular formula is C20H30F3N5O7S. The van der Waals surface area contributed by atoms with E-state index in [0.717, 1.165) is 17.1 Å². The van der Waals surface area contributed by atoms with Gasteiger partial charge in [0.2, 0.25) is 17.7 Å². The maximum absolute atomic E-state index is 13.2. The van der Waals surface area contributed by atoms with Gasteiger partial charge in [0.15, 0.2) is 5.78 Å².